The third-order valence-corrected chi connectivity index (χ3v) is 4.49. The lowest BCUT2D eigenvalue weighted by Gasteiger charge is -2.23. The Hall–Kier alpha value is -2.87. The molecular weight excluding hydrogens is 340 g/mol. The molecule has 1 aliphatic heterocycles. The number of aromatic amines is 1. The van der Waals surface area contributed by atoms with E-state index < -0.39 is 17.4 Å². The lowest BCUT2D eigenvalue weighted by molar-refractivity contribution is -0.123. The van der Waals surface area contributed by atoms with Crippen LogP contribution in [0.1, 0.15) is 17.9 Å². The van der Waals surface area contributed by atoms with E-state index in [2.05, 4.69) is 27.2 Å². The first kappa shape index (κ1) is 17.0. The molecule has 1 aromatic carbocycles. The maximum atomic E-state index is 12.6. The second-order valence-corrected chi connectivity index (χ2v) is 6.40. The number of anilines is 2. The summed E-state index contributed by atoms with van der Waals surface area (Å²) in [6.45, 7) is 3.61. The molecule has 25 heavy (non-hydrogen) atoms. The van der Waals surface area contributed by atoms with Crippen molar-refractivity contribution in [2.24, 2.45) is 0 Å². The number of hydrogen-bond donors (Lipinski definition) is 3. The number of para-hydroxylation sites is 1. The number of H-pyrrole nitrogens is 1. The number of aromatic nitrogens is 2. The zero-order valence-electron chi connectivity index (χ0n) is 13.2. The van der Waals surface area contributed by atoms with Gasteiger partial charge in [0.25, 0.3) is 5.56 Å². The highest BCUT2D eigenvalue weighted by atomic mass is 32.2. The van der Waals surface area contributed by atoms with Gasteiger partial charge in [-0.3, -0.25) is 14.4 Å². The van der Waals surface area contributed by atoms with Crippen molar-refractivity contribution in [3.63, 3.8) is 0 Å². The van der Waals surface area contributed by atoms with Gasteiger partial charge in [-0.2, -0.15) is 0 Å². The summed E-state index contributed by atoms with van der Waals surface area (Å²) in [7, 11) is 0. The quantitative estimate of drug-likeness (QED) is 0.432. The predicted octanol–water partition coefficient (Wildman–Crippen LogP) is 2.11. The van der Waals surface area contributed by atoms with Gasteiger partial charge in [-0.15, -0.1) is 6.58 Å². The molecule has 0 saturated carbocycles. The molecule has 2 amide bonds. The van der Waals surface area contributed by atoms with E-state index in [1.54, 1.807) is 30.3 Å². The van der Waals surface area contributed by atoms with Crippen molar-refractivity contribution in [2.45, 2.75) is 17.5 Å². The molecule has 128 valence electrons. The molecule has 7 nitrogen and oxygen atoms in total. The van der Waals surface area contributed by atoms with Gasteiger partial charge in [0.05, 0.1) is 11.5 Å². The van der Waals surface area contributed by atoms with Gasteiger partial charge in [0.15, 0.2) is 5.16 Å². The Morgan fingerprint density at radius 2 is 2.12 bits per heavy atom. The molecule has 8 heteroatoms. The average molecular weight is 356 g/mol. The number of nitrogens with zero attached hydrogens (tertiary/aromatic N) is 1. The molecule has 0 aliphatic carbocycles. The maximum Gasteiger partial charge on any atom is 0.257 e. The molecule has 2 heterocycles. The van der Waals surface area contributed by atoms with E-state index in [0.29, 0.717) is 16.6 Å². The van der Waals surface area contributed by atoms with Crippen LogP contribution in [-0.2, 0) is 9.59 Å². The van der Waals surface area contributed by atoms with E-state index in [4.69, 9.17) is 0 Å². The van der Waals surface area contributed by atoms with Gasteiger partial charge >= 0.3 is 0 Å². The number of nitrogens with one attached hydrogen (secondary N) is 3. The first-order valence-electron chi connectivity index (χ1n) is 7.62. The molecular formula is C17H16N4O3S. The van der Waals surface area contributed by atoms with Crippen molar-refractivity contribution in [2.75, 3.05) is 16.4 Å². The van der Waals surface area contributed by atoms with Crippen LogP contribution in [0.3, 0.4) is 0 Å². The highest BCUT2D eigenvalue weighted by Crippen LogP contribution is 2.30. The number of rotatable bonds is 5. The smallest absolute Gasteiger partial charge is 0.257 e. The van der Waals surface area contributed by atoms with E-state index >= 15 is 0 Å². The zero-order valence-corrected chi connectivity index (χ0v) is 14.1. The van der Waals surface area contributed by atoms with Crippen LogP contribution in [-0.4, -0.2) is 27.5 Å². The SMILES string of the molecule is C=CCSc1nc2c(c(=O)[nH]1)C(C(=O)Nc1ccccc1)CC(=O)N2. The standard InChI is InChI=1S/C17H16N4O3S/c1-2-8-25-17-20-14-13(16(24)21-17)11(9-12(22)19-14)15(23)18-10-6-4-3-5-7-10/h2-7,11H,1,8-9H2,(H,18,23)(H2,19,20,21,22,24). The van der Waals surface area contributed by atoms with Gasteiger partial charge in [-0.05, 0) is 12.1 Å². The molecule has 1 unspecified atom stereocenters. The van der Waals surface area contributed by atoms with Gasteiger partial charge < -0.3 is 15.6 Å². The minimum atomic E-state index is -0.890. The number of thioether (sulfide) groups is 1. The normalized spacial score (nSPS) is 15.8. The van der Waals surface area contributed by atoms with Gasteiger partial charge in [0, 0.05) is 17.9 Å². The summed E-state index contributed by atoms with van der Waals surface area (Å²) in [6.07, 6.45) is 1.58. The lowest BCUT2D eigenvalue weighted by Crippen LogP contribution is -2.36. The minimum Gasteiger partial charge on any atom is -0.326 e. The molecule has 1 atom stereocenters. The van der Waals surface area contributed by atoms with E-state index in [1.807, 2.05) is 6.07 Å². The van der Waals surface area contributed by atoms with Crippen molar-refractivity contribution in [1.29, 1.82) is 0 Å². The molecule has 0 bridgehead atoms. The Labute approximate surface area is 147 Å². The van der Waals surface area contributed by atoms with Crippen LogP contribution in [0, 0.1) is 0 Å². The predicted molar refractivity (Wildman–Crippen MR) is 96.8 cm³/mol. The van der Waals surface area contributed by atoms with Crippen molar-refractivity contribution < 1.29 is 9.59 Å². The maximum absolute atomic E-state index is 12.6. The monoisotopic (exact) mass is 356 g/mol. The number of benzene rings is 1. The first-order valence-corrected chi connectivity index (χ1v) is 8.60. The Kier molecular flexibility index (Phi) is 4.99. The third kappa shape index (κ3) is 3.80. The van der Waals surface area contributed by atoms with Crippen molar-refractivity contribution in [3.8, 4) is 0 Å². The van der Waals surface area contributed by atoms with Crippen LogP contribution >= 0.6 is 11.8 Å². The van der Waals surface area contributed by atoms with E-state index in [1.165, 1.54) is 11.8 Å². The highest BCUT2D eigenvalue weighted by molar-refractivity contribution is 7.99. The van der Waals surface area contributed by atoms with Gasteiger partial charge in [-0.1, -0.05) is 36.0 Å². The van der Waals surface area contributed by atoms with Crippen LogP contribution in [0.25, 0.3) is 0 Å². The van der Waals surface area contributed by atoms with Gasteiger partial charge in [0.2, 0.25) is 11.8 Å². The van der Waals surface area contributed by atoms with Crippen LogP contribution in [0.4, 0.5) is 11.5 Å². The molecule has 2 aromatic rings. The molecule has 0 saturated heterocycles. The molecule has 3 rings (SSSR count). The second-order valence-electron chi connectivity index (χ2n) is 5.39. The van der Waals surface area contributed by atoms with Crippen molar-refractivity contribution >= 4 is 35.1 Å². The zero-order chi connectivity index (χ0) is 17.8. The summed E-state index contributed by atoms with van der Waals surface area (Å²) in [5.41, 5.74) is 0.350. The van der Waals surface area contributed by atoms with E-state index in [0.717, 1.165) is 0 Å². The van der Waals surface area contributed by atoms with Crippen LogP contribution < -0.4 is 16.2 Å². The Bertz CT molecular complexity index is 879. The third-order valence-electron chi connectivity index (χ3n) is 3.63. The van der Waals surface area contributed by atoms with Crippen molar-refractivity contribution in [1.82, 2.24) is 9.97 Å². The summed E-state index contributed by atoms with van der Waals surface area (Å²) in [5, 5.41) is 5.68. The fraction of sp³-hybridized carbons (Fsp3) is 0.176. The summed E-state index contributed by atoms with van der Waals surface area (Å²) in [6, 6.07) is 8.87. The Morgan fingerprint density at radius 3 is 2.84 bits per heavy atom. The Balaban J connectivity index is 1.92. The highest BCUT2D eigenvalue weighted by Gasteiger charge is 2.34. The molecule has 0 radical (unpaired) electrons. The first-order chi connectivity index (χ1) is 12.1. The molecule has 0 fully saturated rings. The molecule has 3 N–H and O–H groups in total. The fourth-order valence-corrected chi connectivity index (χ4v) is 3.13. The number of hydrogen-bond acceptors (Lipinski definition) is 5. The summed E-state index contributed by atoms with van der Waals surface area (Å²) in [5.74, 6) is -0.953. The largest absolute Gasteiger partial charge is 0.326 e. The number of fused-ring (bicyclic) bond motifs is 1. The molecule has 1 aliphatic rings. The fourth-order valence-electron chi connectivity index (χ4n) is 2.53. The Morgan fingerprint density at radius 1 is 1.36 bits per heavy atom. The number of amides is 2. The second kappa shape index (κ2) is 7.35. The summed E-state index contributed by atoms with van der Waals surface area (Å²) >= 11 is 1.28. The molecule has 0 spiro atoms. The topological polar surface area (TPSA) is 104 Å². The van der Waals surface area contributed by atoms with Crippen LogP contribution in [0.5, 0.6) is 0 Å². The number of carbonyl (C=O) groups excluding carboxylic acids is 2. The van der Waals surface area contributed by atoms with Crippen LogP contribution in [0.2, 0.25) is 0 Å². The van der Waals surface area contributed by atoms with Gasteiger partial charge in [0.1, 0.15) is 5.82 Å². The average Bonchev–Trinajstić information content (AvgIpc) is 2.59. The molecule has 1 aromatic heterocycles. The van der Waals surface area contributed by atoms with Crippen molar-refractivity contribution in [3.05, 3.63) is 58.9 Å². The van der Waals surface area contributed by atoms with E-state index in [-0.39, 0.29) is 23.7 Å². The lowest BCUT2D eigenvalue weighted by atomic mass is 9.92. The minimum absolute atomic E-state index is 0.102. The number of carbonyl (C=O) groups is 2. The summed E-state index contributed by atoms with van der Waals surface area (Å²) in [4.78, 5) is 43.9. The van der Waals surface area contributed by atoms with E-state index in [9.17, 15) is 14.4 Å². The van der Waals surface area contributed by atoms with Crippen LogP contribution in [0.15, 0.2) is 52.9 Å². The summed E-state index contributed by atoms with van der Waals surface area (Å²) < 4.78 is 0. The van der Waals surface area contributed by atoms with Gasteiger partial charge in [-0.25, -0.2) is 4.98 Å².